The van der Waals surface area contributed by atoms with Crippen molar-refractivity contribution in [2.24, 2.45) is 50.2 Å². The highest BCUT2D eigenvalue weighted by atomic mass is 16.8. The lowest BCUT2D eigenvalue weighted by Crippen LogP contribution is -2.69. The third-order valence-electron chi connectivity index (χ3n) is 21.6. The number of hydrogen-bond acceptors (Lipinski definition) is 24. The minimum atomic E-state index is -1.97. The Morgan fingerprint density at radius 3 is 1.55 bits per heavy atom. The monoisotopic (exact) mass is 1120 g/mol. The van der Waals surface area contributed by atoms with Crippen molar-refractivity contribution >= 4 is 5.97 Å². The summed E-state index contributed by atoms with van der Waals surface area (Å²) in [6, 6.07) is 0. The molecule has 448 valence electrons. The maximum absolute atomic E-state index is 14.8. The van der Waals surface area contributed by atoms with Crippen LogP contribution in [0, 0.1) is 50.2 Å². The number of aliphatic hydroxyl groups excluding tert-OH is 15. The first-order valence-electron chi connectivity index (χ1n) is 28.0. The fourth-order valence-corrected chi connectivity index (χ4v) is 16.5. The third-order valence-corrected chi connectivity index (χ3v) is 21.6. The van der Waals surface area contributed by atoms with Gasteiger partial charge in [0.15, 0.2) is 18.9 Å². The second-order valence-corrected chi connectivity index (χ2v) is 26.1. The summed E-state index contributed by atoms with van der Waals surface area (Å²) in [5.41, 5.74) is -2.09. The maximum Gasteiger partial charge on any atom is 0.315 e. The van der Waals surface area contributed by atoms with Gasteiger partial charge >= 0.3 is 5.97 Å². The molecule has 8 fully saturated rings. The van der Waals surface area contributed by atoms with Gasteiger partial charge in [-0.05, 0) is 104 Å². The van der Waals surface area contributed by atoms with E-state index < -0.39 is 183 Å². The summed E-state index contributed by atoms with van der Waals surface area (Å²) in [6.07, 6.45) is -26.8. The van der Waals surface area contributed by atoms with E-state index in [2.05, 4.69) is 40.7 Å². The van der Waals surface area contributed by atoms with Gasteiger partial charge in [0.25, 0.3) is 0 Å². The molecule has 4 saturated heterocycles. The lowest BCUT2D eigenvalue weighted by molar-refractivity contribution is -0.400. The molecular formula is C54H88O24. The molecule has 9 rings (SSSR count). The van der Waals surface area contributed by atoms with E-state index in [-0.39, 0.29) is 35.2 Å². The summed E-state index contributed by atoms with van der Waals surface area (Å²) >= 11 is 0. The lowest BCUT2D eigenvalue weighted by Gasteiger charge is -2.71. The number of rotatable bonds is 13. The summed E-state index contributed by atoms with van der Waals surface area (Å²) in [5.74, 6) is -0.919. The number of ether oxygens (including phenoxy) is 8. The van der Waals surface area contributed by atoms with Gasteiger partial charge in [-0.2, -0.15) is 0 Å². The molecule has 24 heteroatoms. The summed E-state index contributed by atoms with van der Waals surface area (Å²) < 4.78 is 48.7. The fourth-order valence-electron chi connectivity index (χ4n) is 16.5. The minimum absolute atomic E-state index is 0.0629. The van der Waals surface area contributed by atoms with Crippen LogP contribution in [0.2, 0.25) is 0 Å². The van der Waals surface area contributed by atoms with E-state index in [1.54, 1.807) is 0 Å². The van der Waals surface area contributed by atoms with Crippen LogP contribution >= 0.6 is 0 Å². The second-order valence-electron chi connectivity index (χ2n) is 26.1. The first-order valence-corrected chi connectivity index (χ1v) is 28.0. The molecule has 0 radical (unpaired) electrons. The predicted octanol–water partition coefficient (Wildman–Crippen LogP) is -3.06. The average molecular weight is 1120 g/mol. The number of allylic oxidation sites excluding steroid dienone is 2. The van der Waals surface area contributed by atoms with Crippen molar-refractivity contribution in [3.63, 3.8) is 0 Å². The molecule has 4 heterocycles. The summed E-state index contributed by atoms with van der Waals surface area (Å²) in [4.78, 5) is 14.8. The predicted molar refractivity (Wildman–Crippen MR) is 264 cm³/mol. The van der Waals surface area contributed by atoms with Crippen LogP contribution in [0.1, 0.15) is 106 Å². The zero-order valence-corrected chi connectivity index (χ0v) is 45.4. The standard InChI is InChI=1S/C54H88O24/c1-49(2)13-15-54(48(70)78-46-41(69)38(66)34(62)27(20-57)73-46)16-14-52(5)23(24(54)17-49)7-8-30-50(3)11-10-31(51(4,22-59)29(50)9-12-53(30,52)6)75-47-43(77-45-40(68)37(65)33(61)26(19-56)72-45)42(35(63)28(21-58)74-47)76-44-39(67)36(64)32(60)25(18-55)71-44/h7,24-47,55-69H,8-22H2,1-6H3/t24-,25+,26+,27+,28+,29+,30+,31-,32+,33+,34+,35+,36-,37-,38-,39+,40+,41+,42-,43+,44-,45-,46-,47-,50-,51+,52+,53+,54-/m0/s1. The number of esters is 1. The van der Waals surface area contributed by atoms with Crippen LogP contribution < -0.4 is 0 Å². The molecule has 4 saturated carbocycles. The molecule has 0 bridgehead atoms. The first-order chi connectivity index (χ1) is 36.6. The van der Waals surface area contributed by atoms with Crippen LogP contribution in [-0.2, 0) is 42.7 Å². The van der Waals surface area contributed by atoms with Crippen molar-refractivity contribution in [2.75, 3.05) is 33.0 Å². The Kier molecular flexibility index (Phi) is 17.5. The number of carbonyl (C=O) groups is 1. The van der Waals surface area contributed by atoms with E-state index in [0.29, 0.717) is 51.4 Å². The van der Waals surface area contributed by atoms with Crippen LogP contribution in [-0.4, -0.2) is 245 Å². The van der Waals surface area contributed by atoms with E-state index in [9.17, 15) is 81.4 Å². The number of hydrogen-bond donors (Lipinski definition) is 15. The molecule has 24 nitrogen and oxygen atoms in total. The summed E-state index contributed by atoms with van der Waals surface area (Å²) in [5, 5.41) is 161. The summed E-state index contributed by atoms with van der Waals surface area (Å²) in [7, 11) is 0. The zero-order chi connectivity index (χ0) is 57.0. The largest absolute Gasteiger partial charge is 0.432 e. The van der Waals surface area contributed by atoms with Crippen LogP contribution in [0.15, 0.2) is 11.6 Å². The molecule has 9 aliphatic rings. The van der Waals surface area contributed by atoms with Gasteiger partial charge in [0.2, 0.25) is 6.29 Å². The van der Waals surface area contributed by atoms with Gasteiger partial charge in [-0.25, -0.2) is 0 Å². The highest BCUT2D eigenvalue weighted by Gasteiger charge is 2.71. The molecular weight excluding hydrogens is 1030 g/mol. The Labute approximate surface area is 453 Å². The van der Waals surface area contributed by atoms with Crippen molar-refractivity contribution in [3.8, 4) is 0 Å². The first kappa shape index (κ1) is 60.9. The van der Waals surface area contributed by atoms with Gasteiger partial charge in [-0.1, -0.05) is 53.2 Å². The van der Waals surface area contributed by atoms with Gasteiger partial charge in [0, 0.05) is 5.41 Å². The third kappa shape index (κ3) is 9.76. The van der Waals surface area contributed by atoms with Crippen molar-refractivity contribution in [1.29, 1.82) is 0 Å². The molecule has 0 amide bonds. The van der Waals surface area contributed by atoms with E-state index in [0.717, 1.165) is 12.8 Å². The Morgan fingerprint density at radius 1 is 0.526 bits per heavy atom. The van der Waals surface area contributed by atoms with E-state index >= 15 is 0 Å². The molecule has 5 aliphatic carbocycles. The Hall–Kier alpha value is -1.67. The quantitative estimate of drug-likeness (QED) is 0.0494. The van der Waals surface area contributed by atoms with E-state index in [1.165, 1.54) is 5.57 Å². The maximum atomic E-state index is 14.8. The minimum Gasteiger partial charge on any atom is -0.432 e. The Morgan fingerprint density at radius 2 is 1.01 bits per heavy atom. The number of aliphatic hydroxyl groups is 15. The SMILES string of the molecule is CC1(C)CC[C@]2(C(=O)O[C@@H]3O[C@H](CO)[C@@H](O)[C@H](O)[C@H]3O)CC[C@]3(C)C(=CC[C@@H]4[C@@]5(C)CC[C@H](O[C@@H]6O[C@H](CO)[C@@H](O)[C@H](O[C@@H]7O[C@H](CO)[C@@H](O)[C@H](O)[C@H]7O)[C@H]6O[C@@H]6O[C@H](CO)[C@@H](O)[C@H](O)[C@H]6O)[C@](C)(CO)[C@@H]5CC[C@]43C)[C@@H]2C1. The van der Waals surface area contributed by atoms with Crippen molar-refractivity contribution < 1.29 is 119 Å². The molecule has 0 unspecified atom stereocenters. The topological polar surface area (TPSA) is 394 Å². The van der Waals surface area contributed by atoms with Crippen LogP contribution in [0.4, 0.5) is 0 Å². The Balaban J connectivity index is 1.01. The highest BCUT2D eigenvalue weighted by Crippen LogP contribution is 2.76. The molecule has 29 atom stereocenters. The molecule has 0 aromatic rings. The molecule has 78 heavy (non-hydrogen) atoms. The normalized spacial score (nSPS) is 54.1. The fraction of sp³-hybridized carbons (Fsp3) is 0.944. The molecule has 0 aromatic carbocycles. The smallest absolute Gasteiger partial charge is 0.315 e. The molecule has 15 N–H and O–H groups in total. The van der Waals surface area contributed by atoms with Gasteiger partial charge < -0.3 is 114 Å². The second kappa shape index (κ2) is 22.4. The van der Waals surface area contributed by atoms with E-state index in [1.807, 2.05) is 6.92 Å². The zero-order valence-electron chi connectivity index (χ0n) is 45.4. The van der Waals surface area contributed by atoms with Gasteiger partial charge in [-0.3, -0.25) is 4.79 Å². The number of fused-ring (bicyclic) bond motifs is 7. The van der Waals surface area contributed by atoms with E-state index in [4.69, 9.17) is 37.9 Å². The average Bonchev–Trinajstić information content (AvgIpc) is 3.41. The number of carbonyl (C=O) groups excluding carboxylic acids is 1. The van der Waals surface area contributed by atoms with Gasteiger partial charge in [0.1, 0.15) is 97.7 Å². The lowest BCUT2D eigenvalue weighted by atomic mass is 9.33. The van der Waals surface area contributed by atoms with Gasteiger partial charge in [0.05, 0.1) is 44.6 Å². The molecule has 0 aromatic heterocycles. The van der Waals surface area contributed by atoms with Crippen molar-refractivity contribution in [2.45, 2.75) is 235 Å². The highest BCUT2D eigenvalue weighted by molar-refractivity contribution is 5.79. The Bertz CT molecular complexity index is 2130. The summed E-state index contributed by atoms with van der Waals surface area (Å²) in [6.45, 7) is 9.78. The van der Waals surface area contributed by atoms with Crippen molar-refractivity contribution in [3.05, 3.63) is 11.6 Å². The van der Waals surface area contributed by atoms with Crippen molar-refractivity contribution in [1.82, 2.24) is 0 Å². The van der Waals surface area contributed by atoms with Crippen LogP contribution in [0.3, 0.4) is 0 Å². The van der Waals surface area contributed by atoms with Crippen LogP contribution in [0.5, 0.6) is 0 Å². The molecule has 4 aliphatic heterocycles. The molecule has 0 spiro atoms. The van der Waals surface area contributed by atoms with Crippen LogP contribution in [0.25, 0.3) is 0 Å². The van der Waals surface area contributed by atoms with Gasteiger partial charge in [-0.15, -0.1) is 0 Å².